The molecule has 0 radical (unpaired) electrons. The van der Waals surface area contributed by atoms with E-state index in [9.17, 15) is 9.59 Å². The quantitative estimate of drug-likeness (QED) is 0.897. The molecule has 0 heterocycles. The highest BCUT2D eigenvalue weighted by molar-refractivity contribution is 6.31. The van der Waals surface area contributed by atoms with Crippen molar-refractivity contribution in [3.05, 3.63) is 34.3 Å². The first-order chi connectivity index (χ1) is 9.50. The van der Waals surface area contributed by atoms with Crippen LogP contribution in [0.3, 0.4) is 0 Å². The summed E-state index contributed by atoms with van der Waals surface area (Å²) in [7, 11) is 0. The van der Waals surface area contributed by atoms with Gasteiger partial charge in [0.15, 0.2) is 0 Å². The van der Waals surface area contributed by atoms with E-state index in [2.05, 4.69) is 5.32 Å². The maximum Gasteiger partial charge on any atom is 0.306 e. The summed E-state index contributed by atoms with van der Waals surface area (Å²) >= 11 is 5.99. The number of carboxylic acid groups (broad SMARTS) is 1. The van der Waals surface area contributed by atoms with Gasteiger partial charge in [0, 0.05) is 17.1 Å². The first-order valence-electron chi connectivity index (χ1n) is 6.77. The van der Waals surface area contributed by atoms with Crippen LogP contribution in [0, 0.1) is 18.8 Å². The molecule has 2 N–H and O–H groups in total. The average molecular weight is 296 g/mol. The third-order valence-electron chi connectivity index (χ3n) is 4.01. The van der Waals surface area contributed by atoms with Crippen LogP contribution < -0.4 is 5.32 Å². The second kappa shape index (κ2) is 6.27. The number of benzene rings is 1. The molecule has 2 atom stereocenters. The van der Waals surface area contributed by atoms with Crippen LogP contribution in [0.25, 0.3) is 0 Å². The molecule has 0 aromatic heterocycles. The molecule has 4 nitrogen and oxygen atoms in total. The minimum absolute atomic E-state index is 0.0240. The summed E-state index contributed by atoms with van der Waals surface area (Å²) in [5, 5.41) is 12.5. The Balaban J connectivity index is 1.99. The molecule has 1 fully saturated rings. The smallest absolute Gasteiger partial charge is 0.306 e. The van der Waals surface area contributed by atoms with Gasteiger partial charge in [-0.1, -0.05) is 24.1 Å². The molecule has 0 bridgehead atoms. The lowest BCUT2D eigenvalue weighted by atomic mass is 9.96. The van der Waals surface area contributed by atoms with E-state index in [1.807, 2.05) is 0 Å². The Morgan fingerprint density at radius 2 is 2.15 bits per heavy atom. The van der Waals surface area contributed by atoms with Gasteiger partial charge < -0.3 is 10.4 Å². The van der Waals surface area contributed by atoms with Crippen LogP contribution >= 0.6 is 11.6 Å². The van der Waals surface area contributed by atoms with Gasteiger partial charge in [-0.2, -0.15) is 0 Å². The van der Waals surface area contributed by atoms with E-state index in [1.165, 1.54) is 0 Å². The summed E-state index contributed by atoms with van der Waals surface area (Å²) in [6.45, 7) is 2.20. The number of carbonyl (C=O) groups excluding carboxylic acids is 1. The molecule has 1 aliphatic rings. The molecule has 0 aliphatic heterocycles. The summed E-state index contributed by atoms with van der Waals surface area (Å²) in [6.07, 6.45) is 2.46. The number of nitrogens with one attached hydrogen (secondary N) is 1. The second-order valence-corrected chi connectivity index (χ2v) is 5.67. The van der Waals surface area contributed by atoms with Crippen molar-refractivity contribution in [3.63, 3.8) is 0 Å². The minimum Gasteiger partial charge on any atom is -0.481 e. The van der Waals surface area contributed by atoms with Crippen molar-refractivity contribution in [1.82, 2.24) is 5.32 Å². The highest BCUT2D eigenvalue weighted by Crippen LogP contribution is 2.31. The van der Waals surface area contributed by atoms with Gasteiger partial charge in [-0.15, -0.1) is 0 Å². The third kappa shape index (κ3) is 3.12. The SMILES string of the molecule is Cc1c(Cl)cccc1C(=O)NCC1CCCC1C(=O)O. The van der Waals surface area contributed by atoms with E-state index in [4.69, 9.17) is 16.7 Å². The van der Waals surface area contributed by atoms with Gasteiger partial charge in [0.2, 0.25) is 0 Å². The zero-order valence-corrected chi connectivity index (χ0v) is 12.1. The Labute approximate surface area is 123 Å². The van der Waals surface area contributed by atoms with E-state index in [0.717, 1.165) is 18.4 Å². The average Bonchev–Trinajstić information content (AvgIpc) is 2.87. The molecule has 108 valence electrons. The normalized spacial score (nSPS) is 21.7. The van der Waals surface area contributed by atoms with Gasteiger partial charge in [0.1, 0.15) is 0 Å². The molecule has 5 heteroatoms. The largest absolute Gasteiger partial charge is 0.481 e. The van der Waals surface area contributed by atoms with Crippen molar-refractivity contribution in [2.45, 2.75) is 26.2 Å². The lowest BCUT2D eigenvalue weighted by Gasteiger charge is -2.17. The van der Waals surface area contributed by atoms with E-state index >= 15 is 0 Å². The number of hydrogen-bond donors (Lipinski definition) is 2. The predicted molar refractivity (Wildman–Crippen MR) is 77.0 cm³/mol. The van der Waals surface area contributed by atoms with Crippen LogP contribution in [0.2, 0.25) is 5.02 Å². The molecule has 2 unspecified atom stereocenters. The maximum absolute atomic E-state index is 12.1. The van der Waals surface area contributed by atoms with E-state index in [0.29, 0.717) is 23.6 Å². The number of carbonyl (C=O) groups is 2. The van der Waals surface area contributed by atoms with Crippen LogP contribution in [-0.4, -0.2) is 23.5 Å². The first kappa shape index (κ1) is 14.9. The van der Waals surface area contributed by atoms with Crippen LogP contribution in [0.15, 0.2) is 18.2 Å². The van der Waals surface area contributed by atoms with Gasteiger partial charge in [-0.3, -0.25) is 9.59 Å². The molecule has 1 aromatic carbocycles. The van der Waals surface area contributed by atoms with E-state index in [-0.39, 0.29) is 17.7 Å². The summed E-state index contributed by atoms with van der Waals surface area (Å²) in [5.74, 6) is -1.27. The number of halogens is 1. The van der Waals surface area contributed by atoms with Gasteiger partial charge in [0.25, 0.3) is 5.91 Å². The zero-order valence-electron chi connectivity index (χ0n) is 11.4. The fraction of sp³-hybridized carbons (Fsp3) is 0.467. The van der Waals surface area contributed by atoms with Crippen LogP contribution in [0.1, 0.15) is 35.2 Å². The Hall–Kier alpha value is -1.55. The molecule has 1 aromatic rings. The fourth-order valence-corrected chi connectivity index (χ4v) is 2.95. The number of carboxylic acids is 1. The van der Waals surface area contributed by atoms with Crippen molar-refractivity contribution in [2.24, 2.45) is 11.8 Å². The number of aliphatic carboxylic acids is 1. The van der Waals surface area contributed by atoms with Crippen LogP contribution in [0.5, 0.6) is 0 Å². The van der Waals surface area contributed by atoms with Crippen molar-refractivity contribution in [2.75, 3.05) is 6.54 Å². The predicted octanol–water partition coefficient (Wildman–Crippen LogP) is 2.88. The summed E-state index contributed by atoms with van der Waals surface area (Å²) in [6, 6.07) is 5.20. The van der Waals surface area contributed by atoms with Crippen molar-refractivity contribution in [1.29, 1.82) is 0 Å². The molecule has 1 saturated carbocycles. The summed E-state index contributed by atoms with van der Waals surface area (Å²) in [5.41, 5.74) is 1.29. The molecule has 1 amide bonds. The second-order valence-electron chi connectivity index (χ2n) is 5.26. The van der Waals surface area contributed by atoms with E-state index < -0.39 is 5.97 Å². The van der Waals surface area contributed by atoms with Crippen molar-refractivity contribution < 1.29 is 14.7 Å². The maximum atomic E-state index is 12.1. The first-order valence-corrected chi connectivity index (χ1v) is 7.14. The number of rotatable bonds is 4. The third-order valence-corrected chi connectivity index (χ3v) is 4.42. The highest BCUT2D eigenvalue weighted by Gasteiger charge is 2.32. The van der Waals surface area contributed by atoms with Gasteiger partial charge >= 0.3 is 5.97 Å². The lowest BCUT2D eigenvalue weighted by molar-refractivity contribution is -0.142. The zero-order chi connectivity index (χ0) is 14.7. The molecule has 2 rings (SSSR count). The Morgan fingerprint density at radius 1 is 1.40 bits per heavy atom. The Kier molecular flexibility index (Phi) is 4.65. The summed E-state index contributed by atoms with van der Waals surface area (Å²) < 4.78 is 0. The van der Waals surface area contributed by atoms with Gasteiger partial charge in [0.05, 0.1) is 5.92 Å². The lowest BCUT2D eigenvalue weighted by Crippen LogP contribution is -2.33. The molecular weight excluding hydrogens is 278 g/mol. The molecule has 1 aliphatic carbocycles. The fourth-order valence-electron chi connectivity index (χ4n) is 2.78. The molecule has 0 saturated heterocycles. The number of amides is 1. The van der Waals surface area contributed by atoms with Crippen LogP contribution in [-0.2, 0) is 4.79 Å². The topological polar surface area (TPSA) is 66.4 Å². The van der Waals surface area contributed by atoms with Crippen LogP contribution in [0.4, 0.5) is 0 Å². The standard InChI is InChI=1S/C15H18ClNO3/c1-9-11(5-3-7-13(9)16)14(18)17-8-10-4-2-6-12(10)15(19)20/h3,5,7,10,12H,2,4,6,8H2,1H3,(H,17,18)(H,19,20). The monoisotopic (exact) mass is 295 g/mol. The Morgan fingerprint density at radius 3 is 2.85 bits per heavy atom. The van der Waals surface area contributed by atoms with Crippen molar-refractivity contribution in [3.8, 4) is 0 Å². The molecule has 20 heavy (non-hydrogen) atoms. The molecule has 0 spiro atoms. The highest BCUT2D eigenvalue weighted by atomic mass is 35.5. The Bertz CT molecular complexity index is 530. The number of hydrogen-bond acceptors (Lipinski definition) is 2. The summed E-state index contributed by atoms with van der Waals surface area (Å²) in [4.78, 5) is 23.2. The molecular formula is C15H18ClNO3. The minimum atomic E-state index is -0.763. The van der Waals surface area contributed by atoms with E-state index in [1.54, 1.807) is 25.1 Å². The van der Waals surface area contributed by atoms with Gasteiger partial charge in [-0.25, -0.2) is 0 Å². The van der Waals surface area contributed by atoms with Gasteiger partial charge in [-0.05, 0) is 43.4 Å². The van der Waals surface area contributed by atoms with Crippen molar-refractivity contribution >= 4 is 23.5 Å².